The minimum atomic E-state index is 0.0658. The van der Waals surface area contributed by atoms with Gasteiger partial charge in [0.05, 0.1) is 7.11 Å². The molecule has 0 radical (unpaired) electrons. The Kier molecular flexibility index (Phi) is 4.88. The average molecular weight is 327 g/mol. The van der Waals surface area contributed by atoms with Gasteiger partial charge in [-0.05, 0) is 31.9 Å². The summed E-state index contributed by atoms with van der Waals surface area (Å²) in [7, 11) is 1.58. The molecular formula is C17H21N5O2. The summed E-state index contributed by atoms with van der Waals surface area (Å²) in [5, 5.41) is 3.36. The highest BCUT2D eigenvalue weighted by atomic mass is 16.5. The summed E-state index contributed by atoms with van der Waals surface area (Å²) in [6.07, 6.45) is 6.62. The van der Waals surface area contributed by atoms with E-state index >= 15 is 0 Å². The SMILES string of the molecule is COc1nccnc1NC1CCN(C(=O)c2ccnc(C)c2)CC1. The Morgan fingerprint density at radius 3 is 2.67 bits per heavy atom. The fraction of sp³-hybridized carbons (Fsp3) is 0.412. The Balaban J connectivity index is 1.58. The number of hydrogen-bond donors (Lipinski definition) is 1. The van der Waals surface area contributed by atoms with Crippen LogP contribution in [0.15, 0.2) is 30.7 Å². The highest BCUT2D eigenvalue weighted by Gasteiger charge is 2.24. The van der Waals surface area contributed by atoms with Crippen LogP contribution in [0.25, 0.3) is 0 Å². The van der Waals surface area contributed by atoms with E-state index in [0.717, 1.165) is 18.5 Å². The number of amides is 1. The van der Waals surface area contributed by atoms with E-state index in [9.17, 15) is 4.79 Å². The molecule has 3 heterocycles. The molecular weight excluding hydrogens is 306 g/mol. The number of pyridine rings is 1. The van der Waals surface area contributed by atoms with Crippen LogP contribution in [0, 0.1) is 6.92 Å². The third-order valence-electron chi connectivity index (χ3n) is 4.12. The van der Waals surface area contributed by atoms with Crippen molar-refractivity contribution in [3.05, 3.63) is 42.0 Å². The van der Waals surface area contributed by atoms with Crippen molar-refractivity contribution in [2.75, 3.05) is 25.5 Å². The van der Waals surface area contributed by atoms with Crippen LogP contribution in [0.5, 0.6) is 5.88 Å². The summed E-state index contributed by atoms with van der Waals surface area (Å²) in [5.74, 6) is 1.20. The highest BCUT2D eigenvalue weighted by Crippen LogP contribution is 2.22. The summed E-state index contributed by atoms with van der Waals surface area (Å²) in [6, 6.07) is 3.85. The maximum absolute atomic E-state index is 12.6. The summed E-state index contributed by atoms with van der Waals surface area (Å²) >= 11 is 0. The number of methoxy groups -OCH3 is 1. The standard InChI is InChI=1S/C17H21N5O2/c1-12-11-13(3-6-18-12)17(23)22-9-4-14(5-10-22)21-15-16(24-2)20-8-7-19-15/h3,6-8,11,14H,4-5,9-10H2,1-2H3,(H,19,21). The van der Waals surface area contributed by atoms with E-state index in [1.54, 1.807) is 31.8 Å². The molecule has 1 fully saturated rings. The number of anilines is 1. The van der Waals surface area contributed by atoms with Crippen molar-refractivity contribution in [2.45, 2.75) is 25.8 Å². The third-order valence-corrected chi connectivity index (χ3v) is 4.12. The van der Waals surface area contributed by atoms with Crippen LogP contribution in [0.3, 0.4) is 0 Å². The maximum Gasteiger partial charge on any atom is 0.257 e. The topological polar surface area (TPSA) is 80.2 Å². The first kappa shape index (κ1) is 16.2. The smallest absolute Gasteiger partial charge is 0.257 e. The van der Waals surface area contributed by atoms with Gasteiger partial charge in [0, 0.05) is 49.0 Å². The van der Waals surface area contributed by atoms with Crippen molar-refractivity contribution in [1.29, 1.82) is 0 Å². The monoisotopic (exact) mass is 327 g/mol. The molecule has 3 rings (SSSR count). The highest BCUT2D eigenvalue weighted by molar-refractivity contribution is 5.94. The van der Waals surface area contributed by atoms with Crippen molar-refractivity contribution < 1.29 is 9.53 Å². The Hall–Kier alpha value is -2.70. The van der Waals surface area contributed by atoms with Gasteiger partial charge >= 0.3 is 0 Å². The fourth-order valence-electron chi connectivity index (χ4n) is 2.86. The Labute approximate surface area is 141 Å². The molecule has 0 saturated carbocycles. The van der Waals surface area contributed by atoms with Gasteiger partial charge in [0.25, 0.3) is 11.8 Å². The Morgan fingerprint density at radius 1 is 1.21 bits per heavy atom. The zero-order valence-corrected chi connectivity index (χ0v) is 13.9. The number of nitrogens with one attached hydrogen (secondary N) is 1. The molecule has 0 spiro atoms. The number of hydrogen-bond acceptors (Lipinski definition) is 6. The van der Waals surface area contributed by atoms with Gasteiger partial charge in [-0.2, -0.15) is 0 Å². The lowest BCUT2D eigenvalue weighted by Gasteiger charge is -2.32. The number of nitrogens with zero attached hydrogens (tertiary/aromatic N) is 4. The number of ether oxygens (including phenoxy) is 1. The average Bonchev–Trinajstić information content (AvgIpc) is 2.62. The van der Waals surface area contributed by atoms with Gasteiger partial charge in [-0.1, -0.05) is 0 Å². The van der Waals surface area contributed by atoms with Crippen LogP contribution in [-0.2, 0) is 0 Å². The van der Waals surface area contributed by atoms with Crippen molar-refractivity contribution >= 4 is 11.7 Å². The number of rotatable bonds is 4. The van der Waals surface area contributed by atoms with Crippen molar-refractivity contribution in [2.24, 2.45) is 0 Å². The number of aryl methyl sites for hydroxylation is 1. The second kappa shape index (κ2) is 7.25. The van der Waals surface area contributed by atoms with E-state index in [4.69, 9.17) is 4.74 Å². The summed E-state index contributed by atoms with van der Waals surface area (Å²) < 4.78 is 5.21. The number of carbonyl (C=O) groups excluding carboxylic acids is 1. The van der Waals surface area contributed by atoms with E-state index in [0.29, 0.717) is 30.4 Å². The first-order valence-corrected chi connectivity index (χ1v) is 8.01. The molecule has 24 heavy (non-hydrogen) atoms. The van der Waals surface area contributed by atoms with Crippen LogP contribution >= 0.6 is 0 Å². The third kappa shape index (κ3) is 3.61. The minimum Gasteiger partial charge on any atom is -0.478 e. The quantitative estimate of drug-likeness (QED) is 0.924. The molecule has 2 aromatic rings. The maximum atomic E-state index is 12.6. The zero-order valence-electron chi connectivity index (χ0n) is 13.9. The molecule has 1 aliphatic rings. The zero-order chi connectivity index (χ0) is 16.9. The molecule has 1 amide bonds. The predicted octanol–water partition coefficient (Wildman–Crippen LogP) is 1.91. The van der Waals surface area contributed by atoms with Gasteiger partial charge in [0.1, 0.15) is 0 Å². The van der Waals surface area contributed by atoms with Crippen LogP contribution < -0.4 is 10.1 Å². The summed E-state index contributed by atoms with van der Waals surface area (Å²) in [4.78, 5) is 27.0. The largest absolute Gasteiger partial charge is 0.478 e. The van der Waals surface area contributed by atoms with Gasteiger partial charge in [0.2, 0.25) is 0 Å². The van der Waals surface area contributed by atoms with E-state index in [1.165, 1.54) is 0 Å². The molecule has 1 saturated heterocycles. The summed E-state index contributed by atoms with van der Waals surface area (Å²) in [5.41, 5.74) is 1.55. The molecule has 126 valence electrons. The molecule has 7 heteroatoms. The second-order valence-electron chi connectivity index (χ2n) is 5.81. The lowest BCUT2D eigenvalue weighted by Crippen LogP contribution is -2.42. The minimum absolute atomic E-state index is 0.0658. The number of piperidine rings is 1. The van der Waals surface area contributed by atoms with Gasteiger partial charge in [-0.25, -0.2) is 9.97 Å². The van der Waals surface area contributed by atoms with E-state index < -0.39 is 0 Å². The predicted molar refractivity (Wildman–Crippen MR) is 90.1 cm³/mol. The molecule has 0 aromatic carbocycles. The van der Waals surface area contributed by atoms with Crippen molar-refractivity contribution in [3.63, 3.8) is 0 Å². The Bertz CT molecular complexity index is 714. The van der Waals surface area contributed by atoms with Crippen LogP contribution in [0.1, 0.15) is 28.9 Å². The number of aromatic nitrogens is 3. The van der Waals surface area contributed by atoms with Crippen LogP contribution in [-0.4, -0.2) is 52.0 Å². The van der Waals surface area contributed by atoms with E-state index in [-0.39, 0.29) is 11.9 Å². The molecule has 1 aliphatic heterocycles. The van der Waals surface area contributed by atoms with E-state index in [2.05, 4.69) is 20.3 Å². The Morgan fingerprint density at radius 2 is 1.96 bits per heavy atom. The van der Waals surface area contributed by atoms with Gasteiger partial charge in [-0.15, -0.1) is 0 Å². The van der Waals surface area contributed by atoms with Crippen molar-refractivity contribution in [1.82, 2.24) is 19.9 Å². The van der Waals surface area contributed by atoms with Gasteiger partial charge in [-0.3, -0.25) is 9.78 Å². The molecule has 0 unspecified atom stereocenters. The normalized spacial score (nSPS) is 15.2. The lowest BCUT2D eigenvalue weighted by molar-refractivity contribution is 0.0718. The van der Waals surface area contributed by atoms with Gasteiger partial charge < -0.3 is 15.0 Å². The van der Waals surface area contributed by atoms with Crippen molar-refractivity contribution in [3.8, 4) is 5.88 Å². The first-order chi connectivity index (χ1) is 11.7. The fourth-order valence-corrected chi connectivity index (χ4v) is 2.86. The van der Waals surface area contributed by atoms with Gasteiger partial charge in [0.15, 0.2) is 5.82 Å². The molecule has 7 nitrogen and oxygen atoms in total. The molecule has 0 atom stereocenters. The van der Waals surface area contributed by atoms with E-state index in [1.807, 2.05) is 17.9 Å². The summed E-state index contributed by atoms with van der Waals surface area (Å²) in [6.45, 7) is 3.31. The second-order valence-corrected chi connectivity index (χ2v) is 5.81. The molecule has 0 aliphatic carbocycles. The lowest BCUT2D eigenvalue weighted by atomic mass is 10.0. The first-order valence-electron chi connectivity index (χ1n) is 8.01. The molecule has 2 aromatic heterocycles. The molecule has 1 N–H and O–H groups in total. The molecule has 0 bridgehead atoms. The van der Waals surface area contributed by atoms with Crippen LogP contribution in [0.2, 0.25) is 0 Å². The van der Waals surface area contributed by atoms with Crippen LogP contribution in [0.4, 0.5) is 5.82 Å². The number of likely N-dealkylation sites (tertiary alicyclic amines) is 1. The number of carbonyl (C=O) groups is 1.